The van der Waals surface area contributed by atoms with E-state index in [1.54, 1.807) is 0 Å². The third kappa shape index (κ3) is 1.63. The van der Waals surface area contributed by atoms with Gasteiger partial charge in [0, 0.05) is 0 Å². The van der Waals surface area contributed by atoms with Crippen LogP contribution in [0.4, 0.5) is 4.79 Å². The number of carbonyl (C=O) groups is 1. The van der Waals surface area contributed by atoms with E-state index in [0.29, 0.717) is 6.61 Å². The van der Waals surface area contributed by atoms with E-state index in [2.05, 4.69) is 30.3 Å². The number of cyclic esters (lactones) is 1. The fourth-order valence-electron chi connectivity index (χ4n) is 3.31. The Labute approximate surface area is 117 Å². The first-order valence-corrected chi connectivity index (χ1v) is 6.92. The van der Waals surface area contributed by atoms with E-state index in [9.17, 15) is 4.79 Å². The van der Waals surface area contributed by atoms with Gasteiger partial charge in [-0.05, 0) is 23.1 Å². The number of benzene rings is 2. The third-order valence-electron chi connectivity index (χ3n) is 4.20. The fraction of sp³-hybridized carbons (Fsp3) is 0.235. The van der Waals surface area contributed by atoms with E-state index in [4.69, 9.17) is 4.74 Å². The lowest BCUT2D eigenvalue weighted by atomic mass is 9.85. The molecule has 0 aromatic heterocycles. The van der Waals surface area contributed by atoms with Gasteiger partial charge in [-0.3, -0.25) is 4.90 Å². The molecule has 1 saturated heterocycles. The summed E-state index contributed by atoms with van der Waals surface area (Å²) in [6, 6.07) is 18.7. The Balaban J connectivity index is 1.90. The van der Waals surface area contributed by atoms with Crippen molar-refractivity contribution >= 4 is 6.09 Å². The number of ether oxygens (including phenoxy) is 1. The van der Waals surface area contributed by atoms with Crippen LogP contribution in [-0.2, 0) is 11.2 Å². The maximum absolute atomic E-state index is 12.1. The molecule has 1 amide bonds. The molecule has 0 N–H and O–H groups in total. The summed E-state index contributed by atoms with van der Waals surface area (Å²) >= 11 is 0. The molecule has 0 aliphatic carbocycles. The number of carbonyl (C=O) groups excluding carboxylic acids is 1. The van der Waals surface area contributed by atoms with Crippen LogP contribution in [0.25, 0.3) is 0 Å². The van der Waals surface area contributed by atoms with Crippen molar-refractivity contribution in [1.29, 1.82) is 0 Å². The molecule has 2 aromatic rings. The Kier molecular flexibility index (Phi) is 2.52. The number of amides is 1. The first kappa shape index (κ1) is 11.5. The molecule has 100 valence electrons. The molecule has 0 radical (unpaired) electrons. The number of hydrogen-bond donors (Lipinski definition) is 0. The standard InChI is InChI=1S/C17H15NO2/c19-17-18-14(11-20-17)10-13-8-4-5-9-15(13)16(18)12-6-2-1-3-7-12/h1-9,14,16H,10-11H2/t14-,16+/m0/s1. The minimum atomic E-state index is -0.196. The summed E-state index contributed by atoms with van der Waals surface area (Å²) in [7, 11) is 0. The molecule has 1 fully saturated rings. The summed E-state index contributed by atoms with van der Waals surface area (Å²) in [6.07, 6.45) is 0.684. The fourth-order valence-corrected chi connectivity index (χ4v) is 3.31. The van der Waals surface area contributed by atoms with Crippen molar-refractivity contribution in [2.45, 2.75) is 18.5 Å². The summed E-state index contributed by atoms with van der Waals surface area (Å²) in [5.41, 5.74) is 3.68. The van der Waals surface area contributed by atoms with Crippen molar-refractivity contribution in [3.05, 3.63) is 71.3 Å². The summed E-state index contributed by atoms with van der Waals surface area (Å²) in [5.74, 6) is 0. The van der Waals surface area contributed by atoms with E-state index in [1.807, 2.05) is 29.2 Å². The summed E-state index contributed by atoms with van der Waals surface area (Å²) in [4.78, 5) is 14.0. The number of fused-ring (bicyclic) bond motifs is 2. The molecule has 2 aromatic carbocycles. The lowest BCUT2D eigenvalue weighted by Gasteiger charge is -2.37. The van der Waals surface area contributed by atoms with Crippen LogP contribution in [-0.4, -0.2) is 23.6 Å². The maximum atomic E-state index is 12.1. The minimum absolute atomic E-state index is 0.0267. The van der Waals surface area contributed by atoms with Crippen LogP contribution in [0, 0.1) is 0 Å². The molecule has 2 heterocycles. The smallest absolute Gasteiger partial charge is 0.411 e. The van der Waals surface area contributed by atoms with Crippen molar-refractivity contribution in [2.24, 2.45) is 0 Å². The average molecular weight is 265 g/mol. The second kappa shape index (κ2) is 4.37. The molecule has 3 nitrogen and oxygen atoms in total. The van der Waals surface area contributed by atoms with E-state index in [-0.39, 0.29) is 18.2 Å². The van der Waals surface area contributed by atoms with Gasteiger partial charge >= 0.3 is 6.09 Å². The van der Waals surface area contributed by atoms with Crippen molar-refractivity contribution in [3.8, 4) is 0 Å². The monoisotopic (exact) mass is 265 g/mol. The van der Waals surface area contributed by atoms with Crippen molar-refractivity contribution < 1.29 is 9.53 Å². The van der Waals surface area contributed by atoms with Crippen molar-refractivity contribution in [1.82, 2.24) is 4.90 Å². The molecule has 0 saturated carbocycles. The Morgan fingerprint density at radius 1 is 1.00 bits per heavy atom. The highest BCUT2D eigenvalue weighted by Crippen LogP contribution is 2.40. The predicted octanol–water partition coefficient (Wildman–Crippen LogP) is 3.15. The second-order valence-electron chi connectivity index (χ2n) is 5.35. The van der Waals surface area contributed by atoms with E-state index in [0.717, 1.165) is 12.0 Å². The molecular formula is C17H15NO2. The van der Waals surface area contributed by atoms with Crippen molar-refractivity contribution in [3.63, 3.8) is 0 Å². The van der Waals surface area contributed by atoms with E-state index < -0.39 is 0 Å². The van der Waals surface area contributed by atoms with Gasteiger partial charge in [-0.15, -0.1) is 0 Å². The van der Waals surface area contributed by atoms with Gasteiger partial charge in [0.2, 0.25) is 0 Å². The van der Waals surface area contributed by atoms with E-state index in [1.165, 1.54) is 11.1 Å². The largest absolute Gasteiger partial charge is 0.447 e. The average Bonchev–Trinajstić information content (AvgIpc) is 2.87. The molecule has 2 aliphatic rings. The Morgan fingerprint density at radius 3 is 2.60 bits per heavy atom. The zero-order chi connectivity index (χ0) is 13.5. The number of rotatable bonds is 1. The molecular weight excluding hydrogens is 250 g/mol. The Bertz CT molecular complexity index is 653. The van der Waals surface area contributed by atoms with Crippen LogP contribution in [0.15, 0.2) is 54.6 Å². The van der Waals surface area contributed by atoms with Crippen LogP contribution < -0.4 is 0 Å². The van der Waals surface area contributed by atoms with E-state index >= 15 is 0 Å². The van der Waals surface area contributed by atoms with Gasteiger partial charge in [-0.1, -0.05) is 54.6 Å². The second-order valence-corrected chi connectivity index (χ2v) is 5.35. The zero-order valence-corrected chi connectivity index (χ0v) is 11.0. The van der Waals surface area contributed by atoms with Gasteiger partial charge in [-0.25, -0.2) is 4.79 Å². The summed E-state index contributed by atoms with van der Waals surface area (Å²) < 4.78 is 5.27. The number of nitrogens with zero attached hydrogens (tertiary/aromatic N) is 1. The SMILES string of the molecule is O=C1OC[C@@H]2Cc3ccccc3[C@@H](c3ccccc3)N12. The van der Waals surface area contributed by atoms with Gasteiger partial charge in [0.25, 0.3) is 0 Å². The molecule has 20 heavy (non-hydrogen) atoms. The highest BCUT2D eigenvalue weighted by molar-refractivity contribution is 5.72. The van der Waals surface area contributed by atoms with Crippen LogP contribution in [0.3, 0.4) is 0 Å². The van der Waals surface area contributed by atoms with Crippen LogP contribution in [0.2, 0.25) is 0 Å². The molecule has 2 aliphatic heterocycles. The molecule has 0 bridgehead atoms. The zero-order valence-electron chi connectivity index (χ0n) is 11.0. The normalized spacial score (nSPS) is 24.0. The third-order valence-corrected chi connectivity index (χ3v) is 4.20. The van der Waals surface area contributed by atoms with Crippen LogP contribution in [0.5, 0.6) is 0 Å². The molecule has 3 heteroatoms. The predicted molar refractivity (Wildman–Crippen MR) is 75.4 cm³/mol. The van der Waals surface area contributed by atoms with Gasteiger partial charge in [0.05, 0.1) is 12.1 Å². The first-order chi connectivity index (χ1) is 9.84. The molecule has 0 spiro atoms. The van der Waals surface area contributed by atoms with Crippen molar-refractivity contribution in [2.75, 3.05) is 6.61 Å². The lowest BCUT2D eigenvalue weighted by Crippen LogP contribution is -2.42. The molecule has 2 atom stereocenters. The topological polar surface area (TPSA) is 29.5 Å². The molecule has 0 unspecified atom stereocenters. The Morgan fingerprint density at radius 2 is 1.75 bits per heavy atom. The maximum Gasteiger partial charge on any atom is 0.411 e. The number of hydrogen-bond acceptors (Lipinski definition) is 2. The van der Waals surface area contributed by atoms with Gasteiger partial charge in [0.15, 0.2) is 0 Å². The van der Waals surface area contributed by atoms with Gasteiger partial charge in [-0.2, -0.15) is 0 Å². The highest BCUT2D eigenvalue weighted by Gasteiger charge is 2.43. The minimum Gasteiger partial charge on any atom is -0.447 e. The van der Waals surface area contributed by atoms with Gasteiger partial charge < -0.3 is 4.74 Å². The molecule has 4 rings (SSSR count). The quantitative estimate of drug-likeness (QED) is 0.792. The van der Waals surface area contributed by atoms with Crippen LogP contribution >= 0.6 is 0 Å². The lowest BCUT2D eigenvalue weighted by molar-refractivity contribution is 0.148. The highest BCUT2D eigenvalue weighted by atomic mass is 16.6. The first-order valence-electron chi connectivity index (χ1n) is 6.92. The Hall–Kier alpha value is -2.29. The van der Waals surface area contributed by atoms with Crippen LogP contribution in [0.1, 0.15) is 22.7 Å². The summed E-state index contributed by atoms with van der Waals surface area (Å²) in [6.45, 7) is 0.497. The van der Waals surface area contributed by atoms with Gasteiger partial charge in [0.1, 0.15) is 6.61 Å². The summed E-state index contributed by atoms with van der Waals surface area (Å²) in [5, 5.41) is 0.